The van der Waals surface area contributed by atoms with Crippen molar-refractivity contribution in [2.24, 2.45) is 5.41 Å². The van der Waals surface area contributed by atoms with Crippen LogP contribution < -0.4 is 0 Å². The Hall–Kier alpha value is -1.80. The summed E-state index contributed by atoms with van der Waals surface area (Å²) in [7, 11) is 1.79. The van der Waals surface area contributed by atoms with Crippen LogP contribution in [0.5, 0.6) is 0 Å². The van der Waals surface area contributed by atoms with E-state index in [2.05, 4.69) is 66.9 Å². The van der Waals surface area contributed by atoms with E-state index >= 15 is 0 Å². The number of hydrogen-bond acceptors (Lipinski definition) is 1. The van der Waals surface area contributed by atoms with Gasteiger partial charge in [0.25, 0.3) is 0 Å². The Bertz CT molecular complexity index is 705. The van der Waals surface area contributed by atoms with E-state index in [-0.39, 0.29) is 5.41 Å². The van der Waals surface area contributed by atoms with Crippen molar-refractivity contribution >= 4 is 21.8 Å². The summed E-state index contributed by atoms with van der Waals surface area (Å²) in [5.41, 5.74) is 2.78. The van der Waals surface area contributed by atoms with Crippen LogP contribution in [0.2, 0.25) is 0 Å². The molecule has 2 heteroatoms. The van der Waals surface area contributed by atoms with E-state index in [1.165, 1.54) is 21.8 Å². The minimum Gasteiger partial charge on any atom is -0.384 e. The highest BCUT2D eigenvalue weighted by Crippen LogP contribution is 2.33. The number of aromatic nitrogens is 1. The Kier molecular flexibility index (Phi) is 3.73. The Labute approximate surface area is 126 Å². The molecule has 3 rings (SSSR count). The SMILES string of the molecule is CCC(C)(COC)Cn1c2ccccc2c2ccccc21. The van der Waals surface area contributed by atoms with Gasteiger partial charge in [-0.25, -0.2) is 0 Å². The minimum absolute atomic E-state index is 0.152. The molecule has 1 atom stereocenters. The maximum absolute atomic E-state index is 5.46. The molecular weight excluding hydrogens is 258 g/mol. The number of rotatable bonds is 5. The number of para-hydroxylation sites is 2. The molecule has 1 aromatic heterocycles. The van der Waals surface area contributed by atoms with E-state index in [1.807, 2.05) is 0 Å². The minimum atomic E-state index is 0.152. The molecule has 0 aliphatic rings. The largest absolute Gasteiger partial charge is 0.384 e. The first-order chi connectivity index (χ1) is 10.2. The average molecular weight is 281 g/mol. The molecule has 2 aromatic carbocycles. The van der Waals surface area contributed by atoms with Gasteiger partial charge in [0.1, 0.15) is 0 Å². The van der Waals surface area contributed by atoms with Crippen molar-refractivity contribution in [3.63, 3.8) is 0 Å². The number of ether oxygens (including phenoxy) is 1. The van der Waals surface area contributed by atoms with E-state index < -0.39 is 0 Å². The maximum Gasteiger partial charge on any atom is 0.0532 e. The lowest BCUT2D eigenvalue weighted by Gasteiger charge is -2.28. The highest BCUT2D eigenvalue weighted by atomic mass is 16.5. The lowest BCUT2D eigenvalue weighted by atomic mass is 9.88. The van der Waals surface area contributed by atoms with Gasteiger partial charge >= 0.3 is 0 Å². The van der Waals surface area contributed by atoms with Gasteiger partial charge in [0.05, 0.1) is 6.61 Å². The average Bonchev–Trinajstić information content (AvgIpc) is 2.83. The van der Waals surface area contributed by atoms with E-state index in [4.69, 9.17) is 4.74 Å². The van der Waals surface area contributed by atoms with Gasteiger partial charge in [-0.05, 0) is 18.6 Å². The molecule has 0 aliphatic carbocycles. The molecule has 0 bridgehead atoms. The second kappa shape index (κ2) is 5.53. The molecule has 2 nitrogen and oxygen atoms in total. The van der Waals surface area contributed by atoms with Gasteiger partial charge in [-0.2, -0.15) is 0 Å². The van der Waals surface area contributed by atoms with Crippen LogP contribution in [-0.2, 0) is 11.3 Å². The Morgan fingerprint density at radius 3 is 1.95 bits per heavy atom. The van der Waals surface area contributed by atoms with E-state index in [1.54, 1.807) is 7.11 Å². The first-order valence-electron chi connectivity index (χ1n) is 7.63. The van der Waals surface area contributed by atoms with Gasteiger partial charge in [-0.1, -0.05) is 50.2 Å². The normalized spacial score (nSPS) is 14.6. The second-order valence-electron chi connectivity index (χ2n) is 6.22. The zero-order valence-electron chi connectivity index (χ0n) is 13.1. The lowest BCUT2D eigenvalue weighted by molar-refractivity contribution is 0.0774. The van der Waals surface area contributed by atoms with Gasteiger partial charge in [-0.3, -0.25) is 0 Å². The summed E-state index contributed by atoms with van der Waals surface area (Å²) in [6.45, 7) is 6.31. The quantitative estimate of drug-likeness (QED) is 0.651. The van der Waals surface area contributed by atoms with Crippen LogP contribution >= 0.6 is 0 Å². The zero-order chi connectivity index (χ0) is 14.9. The highest BCUT2D eigenvalue weighted by Gasteiger charge is 2.24. The van der Waals surface area contributed by atoms with E-state index in [0.717, 1.165) is 19.6 Å². The third kappa shape index (κ3) is 2.44. The third-order valence-corrected chi connectivity index (χ3v) is 4.57. The van der Waals surface area contributed by atoms with Crippen LogP contribution in [0.15, 0.2) is 48.5 Å². The summed E-state index contributed by atoms with van der Waals surface area (Å²) in [6, 6.07) is 17.4. The number of fused-ring (bicyclic) bond motifs is 3. The summed E-state index contributed by atoms with van der Waals surface area (Å²) in [4.78, 5) is 0. The molecule has 21 heavy (non-hydrogen) atoms. The van der Waals surface area contributed by atoms with Crippen molar-refractivity contribution in [2.45, 2.75) is 26.8 Å². The Morgan fingerprint density at radius 2 is 1.48 bits per heavy atom. The number of hydrogen-bond donors (Lipinski definition) is 0. The van der Waals surface area contributed by atoms with Gasteiger partial charge in [-0.15, -0.1) is 0 Å². The molecule has 0 spiro atoms. The van der Waals surface area contributed by atoms with Gasteiger partial charge in [0.2, 0.25) is 0 Å². The fourth-order valence-electron chi connectivity index (χ4n) is 3.16. The van der Waals surface area contributed by atoms with E-state index in [9.17, 15) is 0 Å². The smallest absolute Gasteiger partial charge is 0.0532 e. The fraction of sp³-hybridized carbons (Fsp3) is 0.368. The van der Waals surface area contributed by atoms with Crippen molar-refractivity contribution in [2.75, 3.05) is 13.7 Å². The summed E-state index contributed by atoms with van der Waals surface area (Å²) < 4.78 is 7.91. The topological polar surface area (TPSA) is 14.2 Å². The molecule has 0 saturated heterocycles. The monoisotopic (exact) mass is 281 g/mol. The van der Waals surface area contributed by atoms with Crippen LogP contribution in [0, 0.1) is 5.41 Å². The van der Waals surface area contributed by atoms with Gasteiger partial charge in [0.15, 0.2) is 0 Å². The zero-order valence-corrected chi connectivity index (χ0v) is 13.1. The molecule has 110 valence electrons. The Balaban J connectivity index is 2.20. The predicted molar refractivity (Wildman–Crippen MR) is 89.7 cm³/mol. The molecule has 0 aliphatic heterocycles. The standard InChI is InChI=1S/C19H23NO/c1-4-19(2,14-21-3)13-20-17-11-7-5-9-15(17)16-10-6-8-12-18(16)20/h5-12H,4,13-14H2,1-3H3. The van der Waals surface area contributed by atoms with Crippen LogP contribution in [0.25, 0.3) is 21.8 Å². The van der Waals surface area contributed by atoms with Crippen LogP contribution in [-0.4, -0.2) is 18.3 Å². The van der Waals surface area contributed by atoms with Crippen molar-refractivity contribution in [3.05, 3.63) is 48.5 Å². The number of benzene rings is 2. The van der Waals surface area contributed by atoms with Gasteiger partial charge in [0, 0.05) is 40.9 Å². The van der Waals surface area contributed by atoms with Gasteiger partial charge < -0.3 is 9.30 Å². The first-order valence-corrected chi connectivity index (χ1v) is 7.63. The molecule has 0 amide bonds. The summed E-state index contributed by atoms with van der Waals surface area (Å²) in [6.07, 6.45) is 1.10. The summed E-state index contributed by atoms with van der Waals surface area (Å²) >= 11 is 0. The molecular formula is C19H23NO. The maximum atomic E-state index is 5.46. The number of nitrogens with zero attached hydrogens (tertiary/aromatic N) is 1. The molecule has 0 saturated carbocycles. The van der Waals surface area contributed by atoms with Crippen molar-refractivity contribution < 1.29 is 4.74 Å². The Morgan fingerprint density at radius 1 is 0.952 bits per heavy atom. The molecule has 3 aromatic rings. The second-order valence-corrected chi connectivity index (χ2v) is 6.22. The number of methoxy groups -OCH3 is 1. The fourth-order valence-corrected chi connectivity index (χ4v) is 3.16. The van der Waals surface area contributed by atoms with Crippen molar-refractivity contribution in [1.82, 2.24) is 4.57 Å². The molecule has 1 unspecified atom stereocenters. The predicted octanol–water partition coefficient (Wildman–Crippen LogP) is 4.86. The summed E-state index contributed by atoms with van der Waals surface area (Å²) in [5, 5.41) is 2.67. The summed E-state index contributed by atoms with van der Waals surface area (Å²) in [5.74, 6) is 0. The van der Waals surface area contributed by atoms with Crippen molar-refractivity contribution in [3.8, 4) is 0 Å². The molecule has 0 N–H and O–H groups in total. The van der Waals surface area contributed by atoms with Crippen LogP contribution in [0.1, 0.15) is 20.3 Å². The molecule has 0 radical (unpaired) electrons. The highest BCUT2D eigenvalue weighted by molar-refractivity contribution is 6.07. The lowest BCUT2D eigenvalue weighted by Crippen LogP contribution is -2.27. The van der Waals surface area contributed by atoms with Crippen LogP contribution in [0.4, 0.5) is 0 Å². The van der Waals surface area contributed by atoms with E-state index in [0.29, 0.717) is 0 Å². The first kappa shape index (κ1) is 14.2. The molecule has 0 fully saturated rings. The third-order valence-electron chi connectivity index (χ3n) is 4.57. The molecule has 1 heterocycles. The van der Waals surface area contributed by atoms with Crippen molar-refractivity contribution in [1.29, 1.82) is 0 Å². The van der Waals surface area contributed by atoms with Crippen LogP contribution in [0.3, 0.4) is 0 Å².